The van der Waals surface area contributed by atoms with Gasteiger partial charge in [-0.3, -0.25) is 4.98 Å². The molecule has 0 aliphatic carbocycles. The number of halogens is 2. The number of aromatic nitrogens is 3. The molecule has 0 unspecified atom stereocenters. The van der Waals surface area contributed by atoms with Crippen LogP contribution >= 0.6 is 11.6 Å². The molecular formula is C16H13ClFN5. The normalized spacial score (nSPS) is 10.3. The highest BCUT2D eigenvalue weighted by Crippen LogP contribution is 2.21. The Morgan fingerprint density at radius 2 is 1.96 bits per heavy atom. The molecule has 0 spiro atoms. The van der Waals surface area contributed by atoms with Gasteiger partial charge in [-0.1, -0.05) is 17.7 Å². The smallest absolute Gasteiger partial charge is 0.229 e. The lowest BCUT2D eigenvalue weighted by molar-refractivity contribution is 0.628. The van der Waals surface area contributed by atoms with Crippen LogP contribution in [0.2, 0.25) is 5.02 Å². The molecule has 0 bridgehead atoms. The average Bonchev–Trinajstić information content (AvgIpc) is 2.58. The van der Waals surface area contributed by atoms with E-state index in [0.717, 1.165) is 5.69 Å². The summed E-state index contributed by atoms with van der Waals surface area (Å²) in [4.78, 5) is 12.7. The first-order valence-electron chi connectivity index (χ1n) is 6.89. The number of nitrogens with zero attached hydrogens (tertiary/aromatic N) is 3. The lowest BCUT2D eigenvalue weighted by atomic mass is 10.3. The van der Waals surface area contributed by atoms with Crippen LogP contribution in [0.1, 0.15) is 5.69 Å². The van der Waals surface area contributed by atoms with Gasteiger partial charge in [-0.25, -0.2) is 9.37 Å². The van der Waals surface area contributed by atoms with E-state index in [9.17, 15) is 4.39 Å². The summed E-state index contributed by atoms with van der Waals surface area (Å²) < 4.78 is 13.2. The number of benzene rings is 1. The summed E-state index contributed by atoms with van der Waals surface area (Å²) in [7, 11) is 0. The van der Waals surface area contributed by atoms with Gasteiger partial charge in [-0.2, -0.15) is 4.98 Å². The zero-order chi connectivity index (χ0) is 16.1. The third-order valence-electron chi connectivity index (χ3n) is 3.01. The second-order valence-electron chi connectivity index (χ2n) is 4.69. The Labute approximate surface area is 137 Å². The third kappa shape index (κ3) is 4.14. The van der Waals surface area contributed by atoms with Crippen LogP contribution in [0.3, 0.4) is 0 Å². The zero-order valence-corrected chi connectivity index (χ0v) is 12.8. The molecule has 0 atom stereocenters. The van der Waals surface area contributed by atoms with Crippen LogP contribution in [-0.4, -0.2) is 15.0 Å². The summed E-state index contributed by atoms with van der Waals surface area (Å²) >= 11 is 5.75. The number of pyridine rings is 1. The molecule has 0 saturated heterocycles. The number of nitrogens with one attached hydrogen (secondary N) is 2. The number of anilines is 3. The van der Waals surface area contributed by atoms with Gasteiger partial charge in [-0.05, 0) is 36.4 Å². The van der Waals surface area contributed by atoms with Crippen molar-refractivity contribution in [3.63, 3.8) is 0 Å². The van der Waals surface area contributed by atoms with Crippen molar-refractivity contribution in [1.82, 2.24) is 15.0 Å². The summed E-state index contributed by atoms with van der Waals surface area (Å²) in [5.41, 5.74) is 1.52. The predicted molar refractivity (Wildman–Crippen MR) is 88.3 cm³/mol. The van der Waals surface area contributed by atoms with Crippen molar-refractivity contribution in [2.75, 3.05) is 10.6 Å². The first-order valence-corrected chi connectivity index (χ1v) is 7.27. The van der Waals surface area contributed by atoms with Crippen LogP contribution in [0, 0.1) is 5.82 Å². The molecule has 1 aromatic carbocycles. The molecule has 7 heteroatoms. The molecule has 0 aliphatic rings. The molecule has 2 heterocycles. The Bertz CT molecular complexity index is 797. The summed E-state index contributed by atoms with van der Waals surface area (Å²) in [6.07, 6.45) is 3.36. The molecule has 0 radical (unpaired) electrons. The van der Waals surface area contributed by atoms with Crippen molar-refractivity contribution in [3.05, 3.63) is 71.4 Å². The largest absolute Gasteiger partial charge is 0.364 e. The van der Waals surface area contributed by atoms with E-state index in [1.165, 1.54) is 12.1 Å². The number of hydrogen-bond donors (Lipinski definition) is 2. The van der Waals surface area contributed by atoms with Crippen LogP contribution in [-0.2, 0) is 6.54 Å². The average molecular weight is 330 g/mol. The molecule has 116 valence electrons. The lowest BCUT2D eigenvalue weighted by Gasteiger charge is -2.08. The Kier molecular flexibility index (Phi) is 4.63. The maximum Gasteiger partial charge on any atom is 0.229 e. The van der Waals surface area contributed by atoms with Gasteiger partial charge >= 0.3 is 0 Å². The van der Waals surface area contributed by atoms with E-state index >= 15 is 0 Å². The fraction of sp³-hybridized carbons (Fsp3) is 0.0625. The van der Waals surface area contributed by atoms with Gasteiger partial charge in [-0.15, -0.1) is 0 Å². The third-order valence-corrected chi connectivity index (χ3v) is 3.30. The van der Waals surface area contributed by atoms with Crippen molar-refractivity contribution in [1.29, 1.82) is 0 Å². The van der Waals surface area contributed by atoms with Gasteiger partial charge in [0.2, 0.25) is 5.95 Å². The Morgan fingerprint density at radius 3 is 2.74 bits per heavy atom. The fourth-order valence-electron chi connectivity index (χ4n) is 1.90. The Morgan fingerprint density at radius 1 is 1.04 bits per heavy atom. The second-order valence-corrected chi connectivity index (χ2v) is 5.10. The SMILES string of the molecule is Fc1ccc(Nc2nccc(NCc3ccccn3)n2)cc1Cl. The Hall–Kier alpha value is -2.73. The van der Waals surface area contributed by atoms with E-state index in [1.54, 1.807) is 24.5 Å². The van der Waals surface area contributed by atoms with Gasteiger partial charge in [0, 0.05) is 18.1 Å². The standard InChI is InChI=1S/C16H13ClFN5/c17-13-9-11(4-5-14(13)18)22-16-20-8-6-15(23-16)21-10-12-3-1-2-7-19-12/h1-9H,10H2,(H2,20,21,22,23). The summed E-state index contributed by atoms with van der Waals surface area (Å²) in [5, 5.41) is 6.19. The van der Waals surface area contributed by atoms with Crippen molar-refractivity contribution >= 4 is 29.1 Å². The van der Waals surface area contributed by atoms with Crippen LogP contribution in [0.25, 0.3) is 0 Å². The summed E-state index contributed by atoms with van der Waals surface area (Å²) in [6, 6.07) is 11.8. The number of rotatable bonds is 5. The molecule has 3 aromatic rings. The van der Waals surface area contributed by atoms with Crippen molar-refractivity contribution < 1.29 is 4.39 Å². The maximum atomic E-state index is 13.2. The van der Waals surface area contributed by atoms with Crippen LogP contribution in [0.4, 0.5) is 21.8 Å². The summed E-state index contributed by atoms with van der Waals surface area (Å²) in [5.74, 6) is 0.573. The molecule has 0 aliphatic heterocycles. The molecule has 0 saturated carbocycles. The van der Waals surface area contributed by atoms with E-state index in [0.29, 0.717) is 24.0 Å². The molecule has 0 fully saturated rings. The molecule has 5 nitrogen and oxygen atoms in total. The minimum atomic E-state index is -0.469. The van der Waals surface area contributed by atoms with E-state index in [1.807, 2.05) is 18.2 Å². The van der Waals surface area contributed by atoms with Crippen molar-refractivity contribution in [2.45, 2.75) is 6.54 Å². The number of hydrogen-bond acceptors (Lipinski definition) is 5. The zero-order valence-electron chi connectivity index (χ0n) is 12.0. The maximum absolute atomic E-state index is 13.2. The molecule has 3 rings (SSSR count). The van der Waals surface area contributed by atoms with Gasteiger partial charge in [0.05, 0.1) is 17.3 Å². The van der Waals surface area contributed by atoms with Crippen LogP contribution < -0.4 is 10.6 Å². The highest BCUT2D eigenvalue weighted by Gasteiger charge is 2.04. The van der Waals surface area contributed by atoms with Crippen LogP contribution in [0.15, 0.2) is 54.9 Å². The molecule has 23 heavy (non-hydrogen) atoms. The van der Waals surface area contributed by atoms with E-state index < -0.39 is 5.82 Å². The van der Waals surface area contributed by atoms with Crippen LogP contribution in [0.5, 0.6) is 0 Å². The molecule has 2 aromatic heterocycles. The Balaban J connectivity index is 1.68. The molecular weight excluding hydrogens is 317 g/mol. The second kappa shape index (κ2) is 7.02. The minimum Gasteiger partial charge on any atom is -0.364 e. The van der Waals surface area contributed by atoms with Gasteiger partial charge in [0.25, 0.3) is 0 Å². The van der Waals surface area contributed by atoms with Gasteiger partial charge in [0.15, 0.2) is 0 Å². The molecule has 0 amide bonds. The highest BCUT2D eigenvalue weighted by molar-refractivity contribution is 6.31. The topological polar surface area (TPSA) is 62.7 Å². The van der Waals surface area contributed by atoms with E-state index in [4.69, 9.17) is 11.6 Å². The summed E-state index contributed by atoms with van der Waals surface area (Å²) in [6.45, 7) is 0.555. The predicted octanol–water partition coefficient (Wildman–Crippen LogP) is 4.02. The lowest BCUT2D eigenvalue weighted by Crippen LogP contribution is -2.05. The minimum absolute atomic E-state index is 0.0411. The fourth-order valence-corrected chi connectivity index (χ4v) is 2.08. The monoisotopic (exact) mass is 329 g/mol. The first-order chi connectivity index (χ1) is 11.2. The molecule has 2 N–H and O–H groups in total. The van der Waals surface area contributed by atoms with Crippen molar-refractivity contribution in [3.8, 4) is 0 Å². The first kappa shape index (κ1) is 15.2. The van der Waals surface area contributed by atoms with E-state index in [-0.39, 0.29) is 5.02 Å². The highest BCUT2D eigenvalue weighted by atomic mass is 35.5. The van der Waals surface area contributed by atoms with E-state index in [2.05, 4.69) is 25.6 Å². The quantitative estimate of drug-likeness (QED) is 0.740. The van der Waals surface area contributed by atoms with Gasteiger partial charge < -0.3 is 10.6 Å². The van der Waals surface area contributed by atoms with Gasteiger partial charge in [0.1, 0.15) is 11.6 Å². The van der Waals surface area contributed by atoms with Crippen molar-refractivity contribution in [2.24, 2.45) is 0 Å².